The summed E-state index contributed by atoms with van der Waals surface area (Å²) < 4.78 is 0. The molecule has 0 amide bonds. The van der Waals surface area contributed by atoms with Crippen LogP contribution in [-0.2, 0) is 51.4 Å². The van der Waals surface area contributed by atoms with Crippen LogP contribution in [0.4, 0.5) is 0 Å². The molecule has 0 atom stereocenters. The minimum absolute atomic E-state index is 0.749. The number of hydrogen-bond donors (Lipinski definition) is 2. The largest absolute Gasteiger partial charge is 0.324 e. The molecule has 5 heterocycles. The normalized spacial score (nSPS) is 12.4. The number of benzene rings is 9. The van der Waals surface area contributed by atoms with Crippen molar-refractivity contribution in [3.63, 3.8) is 0 Å². The molecule has 14 rings (SSSR count). The van der Waals surface area contributed by atoms with Gasteiger partial charge in [-0.25, -0.2) is 29.9 Å². The van der Waals surface area contributed by atoms with Crippen molar-refractivity contribution in [2.45, 2.75) is 312 Å². The maximum atomic E-state index is 6.27. The van der Waals surface area contributed by atoms with Crippen LogP contribution in [0.2, 0.25) is 0 Å². The summed E-state index contributed by atoms with van der Waals surface area (Å²) in [6.07, 6.45) is 45.6. The molecule has 0 spiro atoms. The SMILES string of the molecule is CCCCCCc1ccc(CCCCCC)c2c1-c1nc-2nc2[nH]c(nc3nc(nc4[nH]c(n1)c1c(CCCCCC)ccc(CCCCCC)c41)-c1c(CCCCCC)ccc(CCCCCC)c1-3)c1c3cc(CCCCCC)c4cccc5c6cccc7c(CCCCCC)cc(c21)c(c76)c3c45. The van der Waals surface area contributed by atoms with E-state index in [0.717, 1.165) is 182 Å². The van der Waals surface area contributed by atoms with Gasteiger partial charge in [0.2, 0.25) is 0 Å². The Bertz CT molecular complexity index is 4810. The Morgan fingerprint density at radius 1 is 0.202 bits per heavy atom. The molecular formula is C96H120N8. The number of nitrogens with one attached hydrogen (secondary N) is 2. The van der Waals surface area contributed by atoms with Crippen LogP contribution in [0.25, 0.3) is 144 Å². The molecule has 544 valence electrons. The molecule has 12 aromatic rings. The van der Waals surface area contributed by atoms with Crippen LogP contribution in [0.3, 0.4) is 0 Å². The van der Waals surface area contributed by atoms with Crippen molar-refractivity contribution >= 4 is 98.0 Å². The van der Waals surface area contributed by atoms with Crippen LogP contribution >= 0.6 is 0 Å². The zero-order valence-electron chi connectivity index (χ0n) is 65.1. The Hall–Kier alpha value is -7.84. The van der Waals surface area contributed by atoms with Crippen molar-refractivity contribution in [3.8, 4) is 45.6 Å². The molecule has 9 aromatic carbocycles. The van der Waals surface area contributed by atoms with Gasteiger partial charge in [-0.3, -0.25) is 0 Å². The predicted molar refractivity (Wildman–Crippen MR) is 449 cm³/mol. The van der Waals surface area contributed by atoms with Crippen molar-refractivity contribution < 1.29 is 0 Å². The van der Waals surface area contributed by atoms with E-state index < -0.39 is 0 Å². The predicted octanol–water partition coefficient (Wildman–Crippen LogP) is 28.5. The van der Waals surface area contributed by atoms with Gasteiger partial charge in [-0.2, -0.15) is 0 Å². The Labute approximate surface area is 621 Å². The molecule has 2 aliphatic heterocycles. The van der Waals surface area contributed by atoms with Gasteiger partial charge in [0.15, 0.2) is 23.3 Å². The van der Waals surface area contributed by atoms with Crippen molar-refractivity contribution in [2.24, 2.45) is 0 Å². The molecule has 0 saturated carbocycles. The molecular weight excluding hydrogens is 1270 g/mol. The second-order valence-corrected chi connectivity index (χ2v) is 31.6. The molecule has 8 bridgehead atoms. The van der Waals surface area contributed by atoms with Crippen molar-refractivity contribution in [1.29, 1.82) is 0 Å². The first kappa shape index (κ1) is 73.1. The van der Waals surface area contributed by atoms with Gasteiger partial charge in [0.1, 0.15) is 22.6 Å². The number of unbranched alkanes of at least 4 members (excludes halogenated alkanes) is 24. The van der Waals surface area contributed by atoms with Gasteiger partial charge in [-0.15, -0.1) is 0 Å². The van der Waals surface area contributed by atoms with E-state index in [1.165, 1.54) is 263 Å². The summed E-state index contributed by atoms with van der Waals surface area (Å²) in [5.74, 6) is 3.02. The van der Waals surface area contributed by atoms with Gasteiger partial charge >= 0.3 is 0 Å². The highest BCUT2D eigenvalue weighted by Crippen LogP contribution is 2.53. The molecule has 104 heavy (non-hydrogen) atoms. The fourth-order valence-electron chi connectivity index (χ4n) is 18.4. The van der Waals surface area contributed by atoms with E-state index in [1.807, 2.05) is 0 Å². The lowest BCUT2D eigenvalue weighted by Crippen LogP contribution is -1.98. The second-order valence-electron chi connectivity index (χ2n) is 31.6. The number of fused-ring (bicyclic) bond motifs is 23. The molecule has 8 heteroatoms. The zero-order chi connectivity index (χ0) is 71.5. The highest BCUT2D eigenvalue weighted by Gasteiger charge is 2.32. The van der Waals surface area contributed by atoms with Gasteiger partial charge in [0.25, 0.3) is 0 Å². The second kappa shape index (κ2) is 34.6. The molecule has 0 saturated heterocycles. The van der Waals surface area contributed by atoms with E-state index in [9.17, 15) is 0 Å². The minimum Gasteiger partial charge on any atom is -0.324 e. The Morgan fingerprint density at radius 3 is 0.721 bits per heavy atom. The van der Waals surface area contributed by atoms with Crippen LogP contribution in [0.5, 0.6) is 0 Å². The Balaban J connectivity index is 1.20. The van der Waals surface area contributed by atoms with E-state index in [0.29, 0.717) is 0 Å². The summed E-state index contributed by atoms with van der Waals surface area (Å²) >= 11 is 0. The highest BCUT2D eigenvalue weighted by molar-refractivity contribution is 6.47. The van der Waals surface area contributed by atoms with Gasteiger partial charge in [0.05, 0.1) is 0 Å². The van der Waals surface area contributed by atoms with E-state index in [2.05, 4.69) is 150 Å². The molecule has 8 nitrogen and oxygen atoms in total. The first-order chi connectivity index (χ1) is 51.3. The quantitative estimate of drug-likeness (QED) is 0.0225. The third-order valence-electron chi connectivity index (χ3n) is 24.0. The van der Waals surface area contributed by atoms with Crippen molar-refractivity contribution in [2.75, 3.05) is 0 Å². The molecule has 2 aliphatic rings. The molecule has 0 aliphatic carbocycles. The lowest BCUT2D eigenvalue weighted by Gasteiger charge is -2.22. The van der Waals surface area contributed by atoms with Crippen LogP contribution in [0.1, 0.15) is 305 Å². The van der Waals surface area contributed by atoms with E-state index in [4.69, 9.17) is 29.9 Å². The monoisotopic (exact) mass is 1380 g/mol. The lowest BCUT2D eigenvalue weighted by molar-refractivity contribution is 0.664. The number of aryl methyl sites for hydroxylation is 8. The van der Waals surface area contributed by atoms with Crippen LogP contribution in [0, 0.1) is 0 Å². The van der Waals surface area contributed by atoms with Gasteiger partial charge in [-0.1, -0.05) is 282 Å². The molecule has 2 N–H and O–H groups in total. The molecule has 0 radical (unpaired) electrons. The third-order valence-corrected chi connectivity index (χ3v) is 24.0. The average Bonchev–Trinajstić information content (AvgIpc) is 1.06. The molecule has 0 unspecified atom stereocenters. The summed E-state index contributed by atoms with van der Waals surface area (Å²) in [6.45, 7) is 18.6. The zero-order valence-corrected chi connectivity index (χ0v) is 65.1. The standard InChI is InChI=1S/C96H120N8/c1-9-17-25-33-43-63-55-56-64(44-34-26-18-10-2)78-77(63)89-97-90(78)99-92-80-66(46-36-28-20-12-4)58-60-68(48-38-30-22-14-6)82(80)94(101-92)103-96-88-76-62-70(50-40-32-24-16-8)72-52-42-54-74-73-53-41-51-71-69(49-39-31-23-15-7)61-75(85(83(71)73)86(76)84(72)74)87(88)95(104-96)102-93-81-67(47-37-29-21-13-5)59-57-65(45-35-27-19-11-3)79(81)91(98-89)100-93/h41-42,51-62H,9-40,43-50H2,1-8H3,(H2,97,98,99,100,101,102,103,104). The number of H-pyrrole nitrogens is 2. The first-order valence-corrected chi connectivity index (χ1v) is 42.5. The van der Waals surface area contributed by atoms with E-state index >= 15 is 0 Å². The van der Waals surface area contributed by atoms with Gasteiger partial charge in [0, 0.05) is 43.8 Å². The van der Waals surface area contributed by atoms with Crippen molar-refractivity contribution in [3.05, 3.63) is 129 Å². The number of hydrogen-bond acceptors (Lipinski definition) is 6. The number of aromatic amines is 2. The highest BCUT2D eigenvalue weighted by atomic mass is 15.1. The van der Waals surface area contributed by atoms with Crippen LogP contribution in [0.15, 0.2) is 84.9 Å². The first-order valence-electron chi connectivity index (χ1n) is 42.5. The lowest BCUT2D eigenvalue weighted by atomic mass is 9.80. The minimum atomic E-state index is 0.749. The molecule has 3 aromatic heterocycles. The number of aromatic nitrogens is 8. The summed E-state index contributed by atoms with van der Waals surface area (Å²) in [5, 5.41) is 18.0. The Kier molecular flexibility index (Phi) is 24.3. The van der Waals surface area contributed by atoms with Gasteiger partial charge in [-0.05, 0) is 213 Å². The Morgan fingerprint density at radius 2 is 0.442 bits per heavy atom. The van der Waals surface area contributed by atoms with E-state index in [1.54, 1.807) is 0 Å². The number of rotatable bonds is 40. The fraction of sp³-hybridized carbons (Fsp3) is 0.500. The maximum Gasteiger partial charge on any atom is 0.165 e. The van der Waals surface area contributed by atoms with Crippen LogP contribution < -0.4 is 0 Å². The van der Waals surface area contributed by atoms with Gasteiger partial charge < -0.3 is 9.97 Å². The van der Waals surface area contributed by atoms with Crippen LogP contribution in [-0.4, -0.2) is 39.9 Å². The maximum absolute atomic E-state index is 6.27. The summed E-state index contributed by atoms with van der Waals surface area (Å²) in [7, 11) is 0. The smallest absolute Gasteiger partial charge is 0.165 e. The fourth-order valence-corrected chi connectivity index (χ4v) is 18.4. The molecule has 0 fully saturated rings. The topological polar surface area (TPSA) is 109 Å². The average molecular weight is 1390 g/mol. The third kappa shape index (κ3) is 14.8. The van der Waals surface area contributed by atoms with Crippen molar-refractivity contribution in [1.82, 2.24) is 39.9 Å². The summed E-state index contributed by atoms with van der Waals surface area (Å²) in [5.41, 5.74) is 18.7. The summed E-state index contributed by atoms with van der Waals surface area (Å²) in [4.78, 5) is 45.2. The van der Waals surface area contributed by atoms with E-state index in [-0.39, 0.29) is 0 Å². The summed E-state index contributed by atoms with van der Waals surface area (Å²) in [6, 6.07) is 34.4. The number of nitrogens with zero attached hydrogens (tertiary/aromatic N) is 6.